The van der Waals surface area contributed by atoms with Crippen LogP contribution in [0.15, 0.2) is 48.7 Å². The molecule has 11 heteroatoms. The first kappa shape index (κ1) is 30.8. The van der Waals surface area contributed by atoms with Crippen LogP contribution < -0.4 is 15.0 Å². The van der Waals surface area contributed by atoms with Gasteiger partial charge in [0.1, 0.15) is 12.3 Å². The van der Waals surface area contributed by atoms with Crippen LogP contribution >= 0.6 is 0 Å². The molecule has 1 N–H and O–H groups in total. The molecule has 1 atom stereocenters. The molecule has 230 valence electrons. The van der Waals surface area contributed by atoms with Crippen molar-refractivity contribution in [3.05, 3.63) is 70.9 Å². The summed E-state index contributed by atoms with van der Waals surface area (Å²) in [5.74, 6) is -0.141. The van der Waals surface area contributed by atoms with Gasteiger partial charge in [0.05, 0.1) is 25.4 Å². The number of ether oxygens (including phenoxy) is 4. The lowest BCUT2D eigenvalue weighted by molar-refractivity contribution is -0.165. The molecule has 0 spiro atoms. The average Bonchev–Trinajstić information content (AvgIpc) is 3.01. The molecule has 1 amide bonds. The van der Waals surface area contributed by atoms with Gasteiger partial charge in [0, 0.05) is 42.7 Å². The number of carbonyl (C=O) groups excluding carboxylic acids is 1. The van der Waals surface area contributed by atoms with Crippen molar-refractivity contribution in [2.75, 3.05) is 56.3 Å². The van der Waals surface area contributed by atoms with Crippen molar-refractivity contribution >= 4 is 17.3 Å². The maximum atomic E-state index is 13.4. The monoisotopic (exact) mass is 599 g/mol. The summed E-state index contributed by atoms with van der Waals surface area (Å²) in [5, 5.41) is 2.74. The van der Waals surface area contributed by atoms with Gasteiger partial charge < -0.3 is 29.2 Å². The molecule has 3 heterocycles. The van der Waals surface area contributed by atoms with Crippen LogP contribution in [-0.4, -0.2) is 63.3 Å². The van der Waals surface area contributed by atoms with Crippen molar-refractivity contribution in [1.82, 2.24) is 4.98 Å². The third kappa shape index (κ3) is 7.84. The number of halogens is 3. The standard InChI is InChI=1S/C32H36F3N3O5/c1-21-7-9-25(37-30(39)23-8-6-22(2)27(17-23)32(33,34)35)19-26(21)24-18-28(38-10-13-40-14-11-38)31(36-20-24)43-16-15-42-29-5-3-4-12-41-29/h6-9,17-20,29H,3-5,10-16H2,1-2H3,(H,37,39). The van der Waals surface area contributed by atoms with Gasteiger partial charge in [-0.3, -0.25) is 4.79 Å². The van der Waals surface area contributed by atoms with Crippen LogP contribution in [0.25, 0.3) is 11.1 Å². The average molecular weight is 600 g/mol. The van der Waals surface area contributed by atoms with Crippen molar-refractivity contribution in [3.63, 3.8) is 0 Å². The van der Waals surface area contributed by atoms with Crippen molar-refractivity contribution in [2.24, 2.45) is 0 Å². The van der Waals surface area contributed by atoms with E-state index in [-0.39, 0.29) is 17.4 Å². The zero-order valence-electron chi connectivity index (χ0n) is 24.3. The Kier molecular flexibility index (Phi) is 9.84. The highest BCUT2D eigenvalue weighted by atomic mass is 19.4. The third-order valence-electron chi connectivity index (χ3n) is 7.56. The summed E-state index contributed by atoms with van der Waals surface area (Å²) in [6.45, 7) is 7.25. The van der Waals surface area contributed by atoms with Gasteiger partial charge in [-0.2, -0.15) is 13.2 Å². The van der Waals surface area contributed by atoms with Crippen molar-refractivity contribution < 1.29 is 36.9 Å². The Bertz CT molecular complexity index is 1420. The highest BCUT2D eigenvalue weighted by molar-refractivity contribution is 6.04. The second-order valence-electron chi connectivity index (χ2n) is 10.7. The fraction of sp³-hybridized carbons (Fsp3) is 0.438. The quantitative estimate of drug-likeness (QED) is 0.285. The Morgan fingerprint density at radius 1 is 1.02 bits per heavy atom. The summed E-state index contributed by atoms with van der Waals surface area (Å²) in [5.41, 5.74) is 3.01. The number of benzene rings is 2. The number of morpholine rings is 1. The normalized spacial score (nSPS) is 17.5. The number of nitrogens with one attached hydrogen (secondary N) is 1. The summed E-state index contributed by atoms with van der Waals surface area (Å²) in [6.07, 6.45) is -0.00169. The summed E-state index contributed by atoms with van der Waals surface area (Å²) in [7, 11) is 0. The van der Waals surface area contributed by atoms with Gasteiger partial charge in [-0.25, -0.2) is 4.98 Å². The fourth-order valence-electron chi connectivity index (χ4n) is 5.17. The van der Waals surface area contributed by atoms with Gasteiger partial charge >= 0.3 is 6.18 Å². The lowest BCUT2D eigenvalue weighted by Gasteiger charge is -2.30. The van der Waals surface area contributed by atoms with E-state index < -0.39 is 17.6 Å². The van der Waals surface area contributed by atoms with Gasteiger partial charge in [-0.05, 0) is 80.1 Å². The molecular formula is C32H36F3N3O5. The fourth-order valence-corrected chi connectivity index (χ4v) is 5.17. The predicted molar refractivity (Wildman–Crippen MR) is 157 cm³/mol. The van der Waals surface area contributed by atoms with E-state index in [1.165, 1.54) is 19.1 Å². The highest BCUT2D eigenvalue weighted by Crippen LogP contribution is 2.35. The second kappa shape index (κ2) is 13.7. The zero-order chi connectivity index (χ0) is 30.4. The maximum Gasteiger partial charge on any atom is 0.416 e. The van der Waals surface area contributed by atoms with E-state index in [4.69, 9.17) is 18.9 Å². The lowest BCUT2D eigenvalue weighted by atomic mass is 10.00. The van der Waals surface area contributed by atoms with Crippen LogP contribution in [0.5, 0.6) is 5.88 Å². The second-order valence-corrected chi connectivity index (χ2v) is 10.7. The summed E-state index contributed by atoms with van der Waals surface area (Å²) < 4.78 is 63.2. The molecule has 2 saturated heterocycles. The van der Waals surface area contributed by atoms with E-state index >= 15 is 0 Å². The summed E-state index contributed by atoms with van der Waals surface area (Å²) >= 11 is 0. The number of anilines is 2. The summed E-state index contributed by atoms with van der Waals surface area (Å²) in [4.78, 5) is 19.7. The smallest absolute Gasteiger partial charge is 0.416 e. The first-order chi connectivity index (χ1) is 20.7. The van der Waals surface area contributed by atoms with Crippen LogP contribution in [0.3, 0.4) is 0 Å². The Labute approximate surface area is 249 Å². The van der Waals surface area contributed by atoms with Crippen LogP contribution in [-0.2, 0) is 20.4 Å². The molecule has 0 aliphatic carbocycles. The maximum absolute atomic E-state index is 13.4. The van der Waals surface area contributed by atoms with Crippen molar-refractivity contribution in [2.45, 2.75) is 45.6 Å². The number of alkyl halides is 3. The number of amides is 1. The van der Waals surface area contributed by atoms with Gasteiger partial charge in [-0.1, -0.05) is 12.1 Å². The van der Waals surface area contributed by atoms with Gasteiger partial charge in [0.2, 0.25) is 5.88 Å². The minimum Gasteiger partial charge on any atom is -0.474 e. The van der Waals surface area contributed by atoms with E-state index in [2.05, 4.69) is 15.2 Å². The first-order valence-electron chi connectivity index (χ1n) is 14.5. The largest absolute Gasteiger partial charge is 0.474 e. The number of hydrogen-bond acceptors (Lipinski definition) is 7. The van der Waals surface area contributed by atoms with Gasteiger partial charge in [0.25, 0.3) is 5.91 Å². The number of carbonyl (C=O) groups is 1. The Morgan fingerprint density at radius 3 is 2.56 bits per heavy atom. The number of pyridine rings is 1. The van der Waals surface area contributed by atoms with E-state index in [1.807, 2.05) is 19.1 Å². The van der Waals surface area contributed by atoms with Crippen molar-refractivity contribution in [3.8, 4) is 17.0 Å². The molecule has 2 aromatic carbocycles. The number of nitrogens with zero attached hydrogens (tertiary/aromatic N) is 2. The Balaban J connectivity index is 1.34. The molecule has 43 heavy (non-hydrogen) atoms. The molecule has 8 nitrogen and oxygen atoms in total. The minimum absolute atomic E-state index is 0.0587. The van der Waals surface area contributed by atoms with Crippen LogP contribution in [0.4, 0.5) is 24.5 Å². The summed E-state index contributed by atoms with van der Waals surface area (Å²) in [6, 6.07) is 10.9. The van der Waals surface area contributed by atoms with Crippen LogP contribution in [0.2, 0.25) is 0 Å². The van der Waals surface area contributed by atoms with Crippen LogP contribution in [0.1, 0.15) is 46.3 Å². The third-order valence-corrected chi connectivity index (χ3v) is 7.56. The molecule has 2 aliphatic rings. The van der Waals surface area contributed by atoms with Gasteiger partial charge in [-0.15, -0.1) is 0 Å². The molecule has 5 rings (SSSR count). The number of rotatable bonds is 9. The van der Waals surface area contributed by atoms with Gasteiger partial charge in [0.15, 0.2) is 6.29 Å². The SMILES string of the molecule is Cc1ccc(NC(=O)c2ccc(C)c(C(F)(F)F)c2)cc1-c1cnc(OCCOC2CCCCO2)c(N2CCOCC2)c1. The van der Waals surface area contributed by atoms with E-state index in [0.29, 0.717) is 57.7 Å². The highest BCUT2D eigenvalue weighted by Gasteiger charge is 2.33. The van der Waals surface area contributed by atoms with E-state index in [1.54, 1.807) is 18.3 Å². The minimum atomic E-state index is -4.55. The molecule has 3 aromatic rings. The molecule has 1 aromatic heterocycles. The Hall–Kier alpha value is -3.67. The Morgan fingerprint density at radius 2 is 1.81 bits per heavy atom. The van der Waals surface area contributed by atoms with E-state index in [0.717, 1.165) is 47.7 Å². The van der Waals surface area contributed by atoms with E-state index in [9.17, 15) is 18.0 Å². The van der Waals surface area contributed by atoms with Crippen molar-refractivity contribution in [1.29, 1.82) is 0 Å². The first-order valence-corrected chi connectivity index (χ1v) is 14.5. The molecule has 1 unspecified atom stereocenters. The van der Waals surface area contributed by atoms with Crippen LogP contribution in [0, 0.1) is 13.8 Å². The predicted octanol–water partition coefficient (Wildman–Crippen LogP) is 6.40. The topological polar surface area (TPSA) is 82.2 Å². The zero-order valence-corrected chi connectivity index (χ0v) is 24.3. The lowest BCUT2D eigenvalue weighted by Crippen LogP contribution is -2.36. The molecule has 0 saturated carbocycles. The molecule has 0 radical (unpaired) electrons. The molecule has 2 aliphatic heterocycles. The number of aromatic nitrogens is 1. The molecule has 2 fully saturated rings. The number of aryl methyl sites for hydroxylation is 2. The molecular weight excluding hydrogens is 563 g/mol. The number of hydrogen-bond donors (Lipinski definition) is 1. The molecule has 0 bridgehead atoms.